The van der Waals surface area contributed by atoms with Crippen LogP contribution >= 0.6 is 11.6 Å². The summed E-state index contributed by atoms with van der Waals surface area (Å²) >= 11 is 5.65. The number of rotatable bonds is 5. The summed E-state index contributed by atoms with van der Waals surface area (Å²) in [5.74, 6) is -0.414. The number of aliphatic hydroxyl groups is 1. The fraction of sp³-hybridized carbons (Fsp3) is 0.600. The molecule has 0 fully saturated rings. The van der Waals surface area contributed by atoms with Crippen molar-refractivity contribution in [3.8, 4) is 0 Å². The minimum absolute atomic E-state index is 0.0265. The predicted molar refractivity (Wildman–Crippen MR) is 77.9 cm³/mol. The first-order valence-corrected chi connectivity index (χ1v) is 6.93. The first kappa shape index (κ1) is 16.4. The molecule has 0 aliphatic heterocycles. The minimum atomic E-state index is -0.414. The van der Waals surface area contributed by atoms with Gasteiger partial charge in [0.05, 0.1) is 11.1 Å². The number of halogens is 2. The number of aliphatic hydroxyl groups excluding tert-OH is 1. The molecule has 0 saturated carbocycles. The summed E-state index contributed by atoms with van der Waals surface area (Å²) in [5.41, 5.74) is 0.918. The first-order valence-electron chi connectivity index (χ1n) is 6.55. The van der Waals surface area contributed by atoms with Gasteiger partial charge in [0, 0.05) is 12.6 Å². The molecule has 1 rings (SSSR count). The number of nitrogens with one attached hydrogen (secondary N) is 1. The second-order valence-corrected chi connectivity index (χ2v) is 6.63. The van der Waals surface area contributed by atoms with E-state index in [1.807, 2.05) is 6.92 Å². The van der Waals surface area contributed by atoms with Crippen LogP contribution in [-0.2, 0) is 0 Å². The van der Waals surface area contributed by atoms with Crippen molar-refractivity contribution >= 4 is 11.6 Å². The highest BCUT2D eigenvalue weighted by Gasteiger charge is 2.17. The van der Waals surface area contributed by atoms with Crippen LogP contribution in [0.25, 0.3) is 0 Å². The maximum atomic E-state index is 13.4. The number of benzene rings is 1. The zero-order valence-corrected chi connectivity index (χ0v) is 12.8. The lowest BCUT2D eigenvalue weighted by Gasteiger charge is -2.24. The zero-order chi connectivity index (χ0) is 14.6. The van der Waals surface area contributed by atoms with Gasteiger partial charge in [0.2, 0.25) is 0 Å². The molecule has 1 aromatic rings. The van der Waals surface area contributed by atoms with E-state index in [4.69, 9.17) is 11.6 Å². The summed E-state index contributed by atoms with van der Waals surface area (Å²) in [6.07, 6.45) is 0.321. The maximum Gasteiger partial charge on any atom is 0.142 e. The van der Waals surface area contributed by atoms with Gasteiger partial charge in [-0.05, 0) is 36.5 Å². The monoisotopic (exact) mass is 287 g/mol. The molecule has 0 saturated heterocycles. The fourth-order valence-corrected chi connectivity index (χ4v) is 2.11. The van der Waals surface area contributed by atoms with Crippen LogP contribution < -0.4 is 5.32 Å². The molecule has 0 heterocycles. The van der Waals surface area contributed by atoms with E-state index in [1.165, 1.54) is 6.07 Å². The molecule has 0 radical (unpaired) electrons. The standard InChI is InChI=1S/C15H23ClFNO/c1-10(11-5-6-13(16)14(17)7-11)18-9-12(19)8-15(2,3)4/h5-7,10,12,18-19H,8-9H2,1-4H3. The molecule has 0 bridgehead atoms. The molecule has 2 N–H and O–H groups in total. The topological polar surface area (TPSA) is 32.3 Å². The van der Waals surface area contributed by atoms with Gasteiger partial charge in [-0.15, -0.1) is 0 Å². The lowest BCUT2D eigenvalue weighted by atomic mass is 9.89. The van der Waals surface area contributed by atoms with Crippen LogP contribution in [0.4, 0.5) is 4.39 Å². The van der Waals surface area contributed by atoms with Gasteiger partial charge in [0.25, 0.3) is 0 Å². The zero-order valence-electron chi connectivity index (χ0n) is 12.0. The van der Waals surface area contributed by atoms with Crippen LogP contribution in [0.3, 0.4) is 0 Å². The molecule has 0 aromatic heterocycles. The lowest BCUT2D eigenvalue weighted by molar-refractivity contribution is 0.117. The van der Waals surface area contributed by atoms with Gasteiger partial charge in [-0.1, -0.05) is 38.4 Å². The van der Waals surface area contributed by atoms with Gasteiger partial charge < -0.3 is 10.4 Å². The van der Waals surface area contributed by atoms with Crippen molar-refractivity contribution in [3.63, 3.8) is 0 Å². The predicted octanol–water partition coefficient (Wildman–Crippen LogP) is 3.93. The van der Waals surface area contributed by atoms with Crippen molar-refractivity contribution in [1.29, 1.82) is 0 Å². The Morgan fingerprint density at radius 3 is 2.53 bits per heavy atom. The molecular formula is C15H23ClFNO. The Labute approximate surface area is 120 Å². The van der Waals surface area contributed by atoms with Crippen molar-refractivity contribution in [2.24, 2.45) is 5.41 Å². The van der Waals surface area contributed by atoms with Crippen molar-refractivity contribution < 1.29 is 9.50 Å². The highest BCUT2D eigenvalue weighted by molar-refractivity contribution is 6.30. The molecule has 2 unspecified atom stereocenters. The maximum absolute atomic E-state index is 13.4. The molecule has 1 aromatic carbocycles. The van der Waals surface area contributed by atoms with Crippen molar-refractivity contribution in [1.82, 2.24) is 5.32 Å². The van der Waals surface area contributed by atoms with Gasteiger partial charge in [-0.2, -0.15) is 0 Å². The van der Waals surface area contributed by atoms with Crippen LogP contribution in [0, 0.1) is 11.2 Å². The Morgan fingerprint density at radius 1 is 1.37 bits per heavy atom. The third-order valence-electron chi connectivity index (χ3n) is 2.95. The minimum Gasteiger partial charge on any atom is -0.392 e. The first-order chi connectivity index (χ1) is 8.69. The molecule has 0 aliphatic carbocycles. The highest BCUT2D eigenvalue weighted by atomic mass is 35.5. The van der Waals surface area contributed by atoms with E-state index < -0.39 is 11.9 Å². The number of hydrogen-bond acceptors (Lipinski definition) is 2. The van der Waals surface area contributed by atoms with E-state index in [9.17, 15) is 9.50 Å². The summed E-state index contributed by atoms with van der Waals surface area (Å²) < 4.78 is 13.4. The van der Waals surface area contributed by atoms with Crippen LogP contribution in [0.1, 0.15) is 45.7 Å². The summed E-state index contributed by atoms with van der Waals surface area (Å²) in [4.78, 5) is 0. The molecule has 108 valence electrons. The second-order valence-electron chi connectivity index (χ2n) is 6.22. The average molecular weight is 288 g/mol. The van der Waals surface area contributed by atoms with Crippen molar-refractivity contribution in [2.75, 3.05) is 6.54 Å². The summed E-state index contributed by atoms with van der Waals surface area (Å²) in [6.45, 7) is 8.70. The van der Waals surface area contributed by atoms with Crippen molar-refractivity contribution in [2.45, 2.75) is 46.3 Å². The van der Waals surface area contributed by atoms with Gasteiger partial charge in [-0.25, -0.2) is 4.39 Å². The van der Waals surface area contributed by atoms with Crippen molar-refractivity contribution in [3.05, 3.63) is 34.6 Å². The Bertz CT molecular complexity index is 417. The number of hydrogen-bond donors (Lipinski definition) is 2. The molecule has 2 nitrogen and oxygen atoms in total. The third-order valence-corrected chi connectivity index (χ3v) is 3.26. The van der Waals surface area contributed by atoms with Gasteiger partial charge in [-0.3, -0.25) is 0 Å². The molecule has 0 amide bonds. The largest absolute Gasteiger partial charge is 0.392 e. The van der Waals surface area contributed by atoms with Crippen LogP contribution in [0.15, 0.2) is 18.2 Å². The van der Waals surface area contributed by atoms with Crippen LogP contribution in [-0.4, -0.2) is 17.8 Å². The molecule has 4 heteroatoms. The van der Waals surface area contributed by atoms with E-state index in [2.05, 4.69) is 26.1 Å². The van der Waals surface area contributed by atoms with E-state index in [1.54, 1.807) is 12.1 Å². The molecular weight excluding hydrogens is 265 g/mol. The van der Waals surface area contributed by atoms with E-state index in [0.29, 0.717) is 6.54 Å². The average Bonchev–Trinajstić information content (AvgIpc) is 2.27. The van der Waals surface area contributed by atoms with Crippen LogP contribution in [0.5, 0.6) is 0 Å². The summed E-state index contributed by atoms with van der Waals surface area (Å²) in [6, 6.07) is 4.74. The van der Waals surface area contributed by atoms with Gasteiger partial charge in [0.1, 0.15) is 5.82 Å². The van der Waals surface area contributed by atoms with Gasteiger partial charge >= 0.3 is 0 Å². The van der Waals surface area contributed by atoms with E-state index >= 15 is 0 Å². The van der Waals surface area contributed by atoms with E-state index in [-0.39, 0.29) is 16.5 Å². The third kappa shape index (κ3) is 5.89. The highest BCUT2D eigenvalue weighted by Crippen LogP contribution is 2.22. The molecule has 19 heavy (non-hydrogen) atoms. The summed E-state index contributed by atoms with van der Waals surface area (Å²) in [5, 5.41) is 13.3. The summed E-state index contributed by atoms with van der Waals surface area (Å²) in [7, 11) is 0. The SMILES string of the molecule is CC(NCC(O)CC(C)(C)C)c1ccc(Cl)c(F)c1. The smallest absolute Gasteiger partial charge is 0.142 e. The normalized spacial score (nSPS) is 15.3. The Balaban J connectivity index is 2.51. The van der Waals surface area contributed by atoms with Crippen LogP contribution in [0.2, 0.25) is 5.02 Å². The second kappa shape index (κ2) is 6.69. The van der Waals surface area contributed by atoms with Gasteiger partial charge in [0.15, 0.2) is 0 Å². The molecule has 0 spiro atoms. The lowest BCUT2D eigenvalue weighted by Crippen LogP contribution is -2.31. The molecule has 2 atom stereocenters. The molecule has 0 aliphatic rings. The Hall–Kier alpha value is -0.640. The Kier molecular flexibility index (Phi) is 5.78. The fourth-order valence-electron chi connectivity index (χ4n) is 1.99. The quantitative estimate of drug-likeness (QED) is 0.860. The van der Waals surface area contributed by atoms with E-state index in [0.717, 1.165) is 12.0 Å². The Morgan fingerprint density at radius 2 is 2.00 bits per heavy atom.